The fourth-order valence-corrected chi connectivity index (χ4v) is 5.82. The minimum absolute atomic E-state index is 0.0159. The van der Waals surface area contributed by atoms with Gasteiger partial charge in [0.2, 0.25) is 5.95 Å². The van der Waals surface area contributed by atoms with Gasteiger partial charge in [0, 0.05) is 30.9 Å². The van der Waals surface area contributed by atoms with Gasteiger partial charge in [-0.1, -0.05) is 55.9 Å². The van der Waals surface area contributed by atoms with E-state index in [4.69, 9.17) is 4.74 Å². The molecule has 0 amide bonds. The second kappa shape index (κ2) is 13.0. The van der Waals surface area contributed by atoms with E-state index in [-0.39, 0.29) is 34.3 Å². The average Bonchev–Trinajstić information content (AvgIpc) is 2.83. The van der Waals surface area contributed by atoms with Crippen molar-refractivity contribution in [3.63, 3.8) is 0 Å². The lowest BCUT2D eigenvalue weighted by atomic mass is 10.0. The molecule has 0 aliphatic carbocycles. The Labute approximate surface area is 217 Å². The van der Waals surface area contributed by atoms with Crippen LogP contribution in [0.5, 0.6) is 6.01 Å². The van der Waals surface area contributed by atoms with E-state index in [2.05, 4.69) is 25.0 Å². The summed E-state index contributed by atoms with van der Waals surface area (Å²) in [5.74, 6) is -0.00612. The zero-order chi connectivity index (χ0) is 26.3. The van der Waals surface area contributed by atoms with Crippen molar-refractivity contribution >= 4 is 27.9 Å². The number of thioether (sulfide) groups is 1. The van der Waals surface area contributed by atoms with Crippen LogP contribution in [0.3, 0.4) is 0 Å². The normalized spacial score (nSPS) is 19.6. The summed E-state index contributed by atoms with van der Waals surface area (Å²) in [7, 11) is -3.92. The summed E-state index contributed by atoms with van der Waals surface area (Å²) in [6.07, 6.45) is -1.48. The third-order valence-corrected chi connectivity index (χ3v) is 8.09. The van der Waals surface area contributed by atoms with E-state index in [9.17, 15) is 18.6 Å². The van der Waals surface area contributed by atoms with Gasteiger partial charge < -0.3 is 20.3 Å². The summed E-state index contributed by atoms with van der Waals surface area (Å²) in [6.45, 7) is 8.52. The highest BCUT2D eigenvalue weighted by molar-refractivity contribution is 7.99. The molecule has 0 radical (unpaired) electrons. The third-order valence-electron chi connectivity index (χ3n) is 5.61. The minimum Gasteiger partial charge on any atom is -0.457 e. The number of nitrogens with one attached hydrogen (secondary N) is 2. The number of benzene rings is 1. The van der Waals surface area contributed by atoms with Gasteiger partial charge in [-0.2, -0.15) is 27.7 Å². The molecular weight excluding hydrogens is 504 g/mol. The number of hydrogen-bond acceptors (Lipinski definition) is 10. The number of ether oxygens (including phenoxy) is 1. The lowest BCUT2D eigenvalue weighted by molar-refractivity contribution is -0.0138. The third kappa shape index (κ3) is 8.25. The van der Waals surface area contributed by atoms with Crippen LogP contribution in [-0.2, 0) is 10.2 Å². The lowest BCUT2D eigenvalue weighted by Crippen LogP contribution is -2.52. The summed E-state index contributed by atoms with van der Waals surface area (Å²) in [4.78, 5) is 12.9. The van der Waals surface area contributed by atoms with Crippen LogP contribution in [0.1, 0.15) is 44.9 Å². The van der Waals surface area contributed by atoms with E-state index in [1.807, 2.05) is 58.0 Å². The van der Waals surface area contributed by atoms with E-state index >= 15 is 0 Å². The van der Waals surface area contributed by atoms with Gasteiger partial charge in [0.05, 0.1) is 6.61 Å². The molecule has 1 unspecified atom stereocenters. The van der Waals surface area contributed by atoms with Crippen molar-refractivity contribution in [3.05, 3.63) is 35.9 Å². The van der Waals surface area contributed by atoms with Crippen LogP contribution in [0.4, 0.5) is 5.95 Å². The molecule has 0 spiro atoms. The fraction of sp³-hybridized carbons (Fsp3) is 0.609. The summed E-state index contributed by atoms with van der Waals surface area (Å²) < 4.78 is 35.8. The smallest absolute Gasteiger partial charge is 0.322 e. The van der Waals surface area contributed by atoms with Gasteiger partial charge in [-0.15, -0.1) is 0 Å². The van der Waals surface area contributed by atoms with E-state index < -0.39 is 29.0 Å². The van der Waals surface area contributed by atoms with Gasteiger partial charge in [-0.05, 0) is 31.7 Å². The number of aromatic nitrogens is 3. The molecule has 1 aliphatic heterocycles. The van der Waals surface area contributed by atoms with Crippen molar-refractivity contribution in [1.82, 2.24) is 24.6 Å². The molecule has 13 heteroatoms. The zero-order valence-corrected chi connectivity index (χ0v) is 22.7. The van der Waals surface area contributed by atoms with Crippen molar-refractivity contribution in [2.24, 2.45) is 5.92 Å². The summed E-state index contributed by atoms with van der Waals surface area (Å²) in [5.41, 5.74) is 1.05. The van der Waals surface area contributed by atoms with Crippen molar-refractivity contribution in [1.29, 1.82) is 0 Å². The zero-order valence-electron chi connectivity index (χ0n) is 21.0. The first-order chi connectivity index (χ1) is 17.1. The number of hydrogen-bond donors (Lipinski definition) is 4. The summed E-state index contributed by atoms with van der Waals surface area (Å²) in [5, 5.41) is 23.2. The second-order valence-electron chi connectivity index (χ2n) is 9.25. The molecule has 36 heavy (non-hydrogen) atoms. The Morgan fingerprint density at radius 2 is 1.94 bits per heavy atom. The monoisotopic (exact) mass is 540 g/mol. The first kappa shape index (κ1) is 28.5. The van der Waals surface area contributed by atoms with E-state index in [1.54, 1.807) is 0 Å². The van der Waals surface area contributed by atoms with Crippen LogP contribution >= 0.6 is 11.8 Å². The van der Waals surface area contributed by atoms with Crippen LogP contribution in [0.15, 0.2) is 35.5 Å². The molecule has 3 rings (SSSR count). The molecule has 2 heterocycles. The van der Waals surface area contributed by atoms with Crippen LogP contribution in [0, 0.1) is 5.92 Å². The summed E-state index contributed by atoms with van der Waals surface area (Å²) >= 11 is 1.33. The molecule has 200 valence electrons. The van der Waals surface area contributed by atoms with Crippen molar-refractivity contribution < 1.29 is 23.4 Å². The Morgan fingerprint density at radius 3 is 2.58 bits per heavy atom. The SMILES string of the molecule is CC(C)C[C@@H](Oc1nc(NS(=O)(=O)N2CCN[C@@H](C)C2)nc(SC(C)c2ccccc2)n1)[C@@H](O)CO. The number of anilines is 1. The maximum atomic E-state index is 13.1. The Morgan fingerprint density at radius 1 is 1.22 bits per heavy atom. The van der Waals surface area contributed by atoms with E-state index in [1.165, 1.54) is 16.1 Å². The molecule has 4 atom stereocenters. The van der Waals surface area contributed by atoms with Gasteiger partial charge in [0.25, 0.3) is 0 Å². The van der Waals surface area contributed by atoms with Gasteiger partial charge >= 0.3 is 16.2 Å². The first-order valence-electron chi connectivity index (χ1n) is 12.0. The van der Waals surface area contributed by atoms with Crippen molar-refractivity contribution in [2.45, 2.75) is 62.8 Å². The Kier molecular flexibility index (Phi) is 10.3. The first-order valence-corrected chi connectivity index (χ1v) is 14.3. The molecule has 1 fully saturated rings. The summed E-state index contributed by atoms with van der Waals surface area (Å²) in [6, 6.07) is 9.67. The topological polar surface area (TPSA) is 150 Å². The average molecular weight is 541 g/mol. The Hall–Kier alpha value is -2.03. The molecule has 1 aromatic carbocycles. The predicted molar refractivity (Wildman–Crippen MR) is 139 cm³/mol. The van der Waals surface area contributed by atoms with E-state index in [0.717, 1.165) is 5.56 Å². The maximum Gasteiger partial charge on any atom is 0.322 e. The number of aliphatic hydroxyl groups excluding tert-OH is 2. The van der Waals surface area contributed by atoms with Gasteiger partial charge in [-0.25, -0.2) is 4.72 Å². The molecule has 1 saturated heterocycles. The molecule has 1 aromatic heterocycles. The quantitative estimate of drug-likeness (QED) is 0.294. The minimum atomic E-state index is -3.92. The second-order valence-corrected chi connectivity index (χ2v) is 12.2. The van der Waals surface area contributed by atoms with Gasteiger partial charge in [0.15, 0.2) is 5.16 Å². The molecule has 4 N–H and O–H groups in total. The largest absolute Gasteiger partial charge is 0.457 e. The Balaban J connectivity index is 1.90. The predicted octanol–water partition coefficient (Wildman–Crippen LogP) is 1.82. The number of aliphatic hydroxyl groups is 2. The Bertz CT molecular complexity index is 1080. The molecule has 0 bridgehead atoms. The van der Waals surface area contributed by atoms with Crippen LogP contribution in [-0.4, -0.2) is 82.4 Å². The molecule has 0 saturated carbocycles. The molecule has 11 nitrogen and oxygen atoms in total. The number of nitrogens with zero attached hydrogens (tertiary/aromatic N) is 4. The van der Waals surface area contributed by atoms with Crippen LogP contribution in [0.2, 0.25) is 0 Å². The van der Waals surface area contributed by atoms with E-state index in [0.29, 0.717) is 26.1 Å². The highest BCUT2D eigenvalue weighted by Gasteiger charge is 2.29. The van der Waals surface area contributed by atoms with Crippen molar-refractivity contribution in [2.75, 3.05) is 31.0 Å². The molecule has 1 aliphatic rings. The lowest BCUT2D eigenvalue weighted by Gasteiger charge is -2.30. The molecular formula is C23H36N6O5S2. The maximum absolute atomic E-state index is 13.1. The van der Waals surface area contributed by atoms with Crippen molar-refractivity contribution in [3.8, 4) is 6.01 Å². The van der Waals surface area contributed by atoms with Gasteiger partial charge in [-0.3, -0.25) is 0 Å². The highest BCUT2D eigenvalue weighted by Crippen LogP contribution is 2.34. The standard InChI is InChI=1S/C23H36N6O5S2/c1-15(2)12-20(19(31)14-30)34-22-25-21(28-36(32,33)29-11-10-24-16(3)13-29)26-23(27-22)35-17(4)18-8-6-5-7-9-18/h5-9,15-17,19-20,24,30-31H,10-14H2,1-4H3,(H,25,26,27,28)/t16-,17?,19-,20+/m0/s1. The fourth-order valence-electron chi connectivity index (χ4n) is 3.74. The number of rotatable bonds is 12. The van der Waals surface area contributed by atoms with Gasteiger partial charge in [0.1, 0.15) is 12.2 Å². The molecule has 2 aromatic rings. The van der Waals surface area contributed by atoms with Crippen LogP contribution < -0.4 is 14.8 Å². The number of piperazine rings is 1. The highest BCUT2D eigenvalue weighted by atomic mass is 32.2. The van der Waals surface area contributed by atoms with Crippen LogP contribution in [0.25, 0.3) is 0 Å².